The zero-order chi connectivity index (χ0) is 14.8. The maximum atomic E-state index is 11.2. The van der Waals surface area contributed by atoms with Crippen molar-refractivity contribution in [1.82, 2.24) is 9.61 Å². The van der Waals surface area contributed by atoms with Crippen molar-refractivity contribution < 1.29 is 9.41 Å². The second-order valence-corrected chi connectivity index (χ2v) is 5.78. The van der Waals surface area contributed by atoms with Crippen molar-refractivity contribution in [2.24, 2.45) is 0 Å². The van der Waals surface area contributed by atoms with Crippen LogP contribution in [-0.4, -0.2) is 53.3 Å². The van der Waals surface area contributed by atoms with Gasteiger partial charge in [0.15, 0.2) is 0 Å². The van der Waals surface area contributed by atoms with Gasteiger partial charge in [0.1, 0.15) is 5.52 Å². The Bertz CT molecular complexity index is 615. The van der Waals surface area contributed by atoms with Crippen LogP contribution < -0.4 is 5.32 Å². The molecule has 2 aromatic heterocycles. The van der Waals surface area contributed by atoms with E-state index in [0.29, 0.717) is 17.9 Å². The molecule has 0 amide bonds. The largest absolute Gasteiger partial charge is 0.363 e. The van der Waals surface area contributed by atoms with E-state index in [-0.39, 0.29) is 10.6 Å². The minimum atomic E-state index is -0.384. The number of aromatic nitrogens is 2. The maximum absolute atomic E-state index is 11.2. The number of nitrogens with zero attached hydrogens (tertiary/aromatic N) is 4. The monoisotopic (exact) mass is 278 g/mol. The predicted octanol–water partition coefficient (Wildman–Crippen LogP) is 1.75. The lowest BCUT2D eigenvalue weighted by atomic mass is 10.3. The topological polar surface area (TPSA) is 72.5 Å². The van der Waals surface area contributed by atoms with Gasteiger partial charge < -0.3 is 9.80 Å². The third kappa shape index (κ3) is 3.24. The average Bonchev–Trinajstić information content (AvgIpc) is 2.71. The van der Waals surface area contributed by atoms with Gasteiger partial charge in [0.2, 0.25) is 5.82 Å². The number of fused-ring (bicyclic) bond motifs is 1. The van der Waals surface area contributed by atoms with Crippen molar-refractivity contribution in [3.8, 4) is 0 Å². The molecule has 2 heterocycles. The summed E-state index contributed by atoms with van der Waals surface area (Å²) in [4.78, 5) is 10.8. The molecule has 0 fully saturated rings. The first-order valence-electron chi connectivity index (χ1n) is 6.54. The van der Waals surface area contributed by atoms with Crippen molar-refractivity contribution in [2.45, 2.75) is 6.42 Å². The Kier molecular flexibility index (Phi) is 3.89. The number of rotatable bonds is 6. The van der Waals surface area contributed by atoms with Crippen LogP contribution in [-0.2, 0) is 0 Å². The fourth-order valence-electron chi connectivity index (χ4n) is 2.04. The number of pyridine rings is 1. The summed E-state index contributed by atoms with van der Waals surface area (Å²) in [7, 11) is 6.36. The zero-order valence-corrected chi connectivity index (χ0v) is 12.0. The second-order valence-electron chi connectivity index (χ2n) is 5.78. The molecule has 0 unspecified atom stereocenters. The Morgan fingerprint density at radius 1 is 1.40 bits per heavy atom. The van der Waals surface area contributed by atoms with E-state index in [4.69, 9.17) is 0 Å². The fourth-order valence-corrected chi connectivity index (χ4v) is 2.04. The van der Waals surface area contributed by atoms with Crippen molar-refractivity contribution >= 4 is 17.0 Å². The van der Waals surface area contributed by atoms with E-state index in [0.717, 1.165) is 17.4 Å². The lowest BCUT2D eigenvalue weighted by molar-refractivity contribution is -0.870. The third-order valence-corrected chi connectivity index (χ3v) is 2.99. The van der Waals surface area contributed by atoms with Crippen LogP contribution in [0.15, 0.2) is 24.4 Å². The second kappa shape index (κ2) is 5.46. The number of quaternary nitrogens is 1. The molecule has 0 aliphatic heterocycles. The van der Waals surface area contributed by atoms with E-state index in [1.165, 1.54) is 4.52 Å². The van der Waals surface area contributed by atoms with Gasteiger partial charge in [-0.15, -0.1) is 5.10 Å². The van der Waals surface area contributed by atoms with Crippen molar-refractivity contribution in [1.29, 1.82) is 0 Å². The van der Waals surface area contributed by atoms with Gasteiger partial charge in [-0.2, -0.15) is 0 Å². The summed E-state index contributed by atoms with van der Waals surface area (Å²) >= 11 is 0. The molecule has 20 heavy (non-hydrogen) atoms. The molecule has 2 rings (SSSR count). The average molecular weight is 278 g/mol. The van der Waals surface area contributed by atoms with E-state index in [9.17, 15) is 10.1 Å². The quantitative estimate of drug-likeness (QED) is 0.378. The van der Waals surface area contributed by atoms with Gasteiger partial charge in [-0.1, -0.05) is 6.07 Å². The Morgan fingerprint density at radius 2 is 2.15 bits per heavy atom. The molecule has 0 saturated heterocycles. The lowest BCUT2D eigenvalue weighted by Crippen LogP contribution is -2.36. The van der Waals surface area contributed by atoms with Crippen molar-refractivity contribution in [3.63, 3.8) is 0 Å². The highest BCUT2D eigenvalue weighted by Gasteiger charge is 2.22. The van der Waals surface area contributed by atoms with E-state index in [1.54, 1.807) is 24.4 Å². The highest BCUT2D eigenvalue weighted by atomic mass is 16.6. The molecule has 0 aromatic carbocycles. The first-order chi connectivity index (χ1) is 9.38. The lowest BCUT2D eigenvalue weighted by Gasteiger charge is -2.23. The van der Waals surface area contributed by atoms with E-state index in [2.05, 4.69) is 31.6 Å². The van der Waals surface area contributed by atoms with Crippen LogP contribution in [0.2, 0.25) is 0 Å². The Balaban J connectivity index is 2.13. The maximum Gasteiger partial charge on any atom is 0.338 e. The predicted molar refractivity (Wildman–Crippen MR) is 77.9 cm³/mol. The fraction of sp³-hybridized carbons (Fsp3) is 0.462. The van der Waals surface area contributed by atoms with Gasteiger partial charge in [-0.3, -0.25) is 10.1 Å². The molecular weight excluding hydrogens is 258 g/mol. The smallest absolute Gasteiger partial charge is 0.338 e. The molecule has 7 nitrogen and oxygen atoms in total. The van der Waals surface area contributed by atoms with Crippen LogP contribution in [0, 0.1) is 10.1 Å². The van der Waals surface area contributed by atoms with Crippen LogP contribution >= 0.6 is 0 Å². The first kappa shape index (κ1) is 14.3. The van der Waals surface area contributed by atoms with Crippen LogP contribution in [0.4, 0.5) is 11.5 Å². The molecule has 0 radical (unpaired) electrons. The van der Waals surface area contributed by atoms with E-state index < -0.39 is 0 Å². The van der Waals surface area contributed by atoms with Crippen molar-refractivity contribution in [2.75, 3.05) is 39.5 Å². The van der Waals surface area contributed by atoms with Crippen LogP contribution in [0.3, 0.4) is 0 Å². The molecule has 0 saturated carbocycles. The van der Waals surface area contributed by atoms with Crippen LogP contribution in [0.1, 0.15) is 6.42 Å². The summed E-state index contributed by atoms with van der Waals surface area (Å²) < 4.78 is 2.40. The number of nitrogens with one attached hydrogen (secondary N) is 1. The Labute approximate surface area is 117 Å². The normalized spacial score (nSPS) is 11.8. The molecule has 0 aliphatic rings. The van der Waals surface area contributed by atoms with Gasteiger partial charge in [-0.05, 0) is 12.1 Å². The van der Waals surface area contributed by atoms with E-state index in [1.807, 2.05) is 0 Å². The number of anilines is 1. The molecule has 7 heteroatoms. The first-order valence-corrected chi connectivity index (χ1v) is 6.54. The third-order valence-electron chi connectivity index (χ3n) is 2.99. The minimum absolute atomic E-state index is 0.0378. The van der Waals surface area contributed by atoms with Crippen LogP contribution in [0.5, 0.6) is 0 Å². The van der Waals surface area contributed by atoms with Gasteiger partial charge in [-0.25, -0.2) is 4.52 Å². The summed E-state index contributed by atoms with van der Waals surface area (Å²) in [6.07, 6.45) is 2.63. The highest BCUT2D eigenvalue weighted by molar-refractivity contribution is 5.76. The summed E-state index contributed by atoms with van der Waals surface area (Å²) in [5, 5.41) is 18.5. The molecule has 1 N–H and O–H groups in total. The molecule has 2 aromatic rings. The molecule has 0 aliphatic carbocycles. The van der Waals surface area contributed by atoms with E-state index >= 15 is 0 Å². The number of hydrogen-bond donors (Lipinski definition) is 1. The Hall–Kier alpha value is -2.15. The van der Waals surface area contributed by atoms with Crippen molar-refractivity contribution in [3.05, 3.63) is 34.5 Å². The zero-order valence-electron chi connectivity index (χ0n) is 12.0. The standard InChI is InChI=1S/C13H20N5O2/c1-18(2,3)10-6-8-14-13-12(17(19)20)11-7-4-5-9-16(11)15-13/h4-5,7,9H,6,8,10H2,1-3H3,(H,14,15)/q+1. The van der Waals surface area contributed by atoms with Gasteiger partial charge in [0, 0.05) is 19.2 Å². The molecular formula is C13H20N5O2+. The SMILES string of the molecule is C[N+](C)(C)CCCNc1nn2ccccc2c1[N+](=O)[O-]. The number of hydrogen-bond acceptors (Lipinski definition) is 4. The Morgan fingerprint density at radius 3 is 2.80 bits per heavy atom. The minimum Gasteiger partial charge on any atom is -0.363 e. The summed E-state index contributed by atoms with van der Waals surface area (Å²) in [6, 6.07) is 5.26. The molecule has 0 bridgehead atoms. The van der Waals surface area contributed by atoms with Gasteiger partial charge >= 0.3 is 5.69 Å². The highest BCUT2D eigenvalue weighted by Crippen LogP contribution is 2.28. The van der Waals surface area contributed by atoms with Crippen LogP contribution in [0.25, 0.3) is 5.52 Å². The number of nitro groups is 1. The van der Waals surface area contributed by atoms with Gasteiger partial charge in [0.05, 0.1) is 32.6 Å². The van der Waals surface area contributed by atoms with Gasteiger partial charge in [0.25, 0.3) is 0 Å². The summed E-state index contributed by atoms with van der Waals surface area (Å²) in [5.74, 6) is 0.336. The molecule has 108 valence electrons. The summed E-state index contributed by atoms with van der Waals surface area (Å²) in [6.45, 7) is 1.66. The molecule has 0 spiro atoms. The summed E-state index contributed by atoms with van der Waals surface area (Å²) in [5.41, 5.74) is 0.544. The molecule has 0 atom stereocenters.